The predicted molar refractivity (Wildman–Crippen MR) is 93.4 cm³/mol. The van der Waals surface area contributed by atoms with Gasteiger partial charge in [-0.15, -0.1) is 0 Å². The fourth-order valence-electron chi connectivity index (χ4n) is 5.01. The monoisotopic (exact) mass is 359 g/mol. The van der Waals surface area contributed by atoms with Crippen molar-refractivity contribution in [2.24, 2.45) is 5.92 Å². The van der Waals surface area contributed by atoms with Gasteiger partial charge in [-0.05, 0) is 45.2 Å². The summed E-state index contributed by atoms with van der Waals surface area (Å²) in [5, 5.41) is 0. The van der Waals surface area contributed by atoms with Crippen LogP contribution >= 0.6 is 0 Å². The lowest BCUT2D eigenvalue weighted by Gasteiger charge is -2.38. The highest BCUT2D eigenvalue weighted by atomic mass is 16.7. The SMILES string of the molecule is COC(=O)[C@]12CC[C@H](C[C@H]1[C@H]1COC(C)(C)O1)N2C(=O)c1ccccc1. The molecule has 2 bridgehead atoms. The number of fused-ring (bicyclic) bond motifs is 2. The van der Waals surface area contributed by atoms with Gasteiger partial charge in [-0.25, -0.2) is 4.79 Å². The van der Waals surface area contributed by atoms with Crippen molar-refractivity contribution in [3.05, 3.63) is 35.9 Å². The number of benzene rings is 1. The Morgan fingerprint density at radius 1 is 1.23 bits per heavy atom. The van der Waals surface area contributed by atoms with Crippen LogP contribution in [0.1, 0.15) is 43.5 Å². The van der Waals surface area contributed by atoms with Gasteiger partial charge in [0.05, 0.1) is 19.8 Å². The molecule has 0 unspecified atom stereocenters. The van der Waals surface area contributed by atoms with Crippen molar-refractivity contribution in [2.45, 2.75) is 56.6 Å². The smallest absolute Gasteiger partial charge is 0.332 e. The molecule has 6 nitrogen and oxygen atoms in total. The van der Waals surface area contributed by atoms with Crippen LogP contribution in [0.3, 0.4) is 0 Å². The summed E-state index contributed by atoms with van der Waals surface area (Å²) in [7, 11) is 1.39. The highest BCUT2D eigenvalue weighted by Crippen LogP contribution is 2.54. The molecular formula is C20H25NO5. The minimum Gasteiger partial charge on any atom is -0.467 e. The number of hydrogen-bond acceptors (Lipinski definition) is 5. The van der Waals surface area contributed by atoms with Crippen molar-refractivity contribution in [2.75, 3.05) is 13.7 Å². The molecule has 1 amide bonds. The van der Waals surface area contributed by atoms with Gasteiger partial charge in [-0.1, -0.05) is 18.2 Å². The molecule has 4 rings (SSSR count). The highest BCUT2D eigenvalue weighted by Gasteiger charge is 2.67. The number of carbonyl (C=O) groups is 2. The molecule has 6 heteroatoms. The zero-order chi connectivity index (χ0) is 18.5. The first kappa shape index (κ1) is 17.5. The lowest BCUT2D eigenvalue weighted by atomic mass is 9.74. The van der Waals surface area contributed by atoms with Gasteiger partial charge in [0.2, 0.25) is 0 Å². The summed E-state index contributed by atoms with van der Waals surface area (Å²) >= 11 is 0. The summed E-state index contributed by atoms with van der Waals surface area (Å²) in [4.78, 5) is 28.0. The van der Waals surface area contributed by atoms with E-state index in [0.29, 0.717) is 18.6 Å². The molecule has 3 aliphatic heterocycles. The van der Waals surface area contributed by atoms with Crippen LogP contribution in [0.2, 0.25) is 0 Å². The molecule has 3 fully saturated rings. The third kappa shape index (κ3) is 2.47. The fraction of sp³-hybridized carbons (Fsp3) is 0.600. The summed E-state index contributed by atoms with van der Waals surface area (Å²) in [6, 6.07) is 9.16. The largest absolute Gasteiger partial charge is 0.467 e. The standard InChI is InChI=1S/C20H25NO5/c1-19(2)25-12-16(26-19)15-11-14-9-10-20(15,18(23)24-3)21(14)17(22)13-7-5-4-6-8-13/h4-8,14-16H,9-12H2,1-3H3/t14-,15+,16-,20+/m1/s1. The van der Waals surface area contributed by atoms with Crippen LogP contribution in [0.25, 0.3) is 0 Å². The predicted octanol–water partition coefficient (Wildman–Crippen LogP) is 2.37. The topological polar surface area (TPSA) is 65.1 Å². The van der Waals surface area contributed by atoms with E-state index in [-0.39, 0.29) is 29.9 Å². The van der Waals surface area contributed by atoms with Crippen molar-refractivity contribution < 1.29 is 23.8 Å². The number of hydrogen-bond donors (Lipinski definition) is 0. The number of amides is 1. The number of ether oxygens (including phenoxy) is 3. The van der Waals surface area contributed by atoms with E-state index in [9.17, 15) is 9.59 Å². The van der Waals surface area contributed by atoms with Crippen LogP contribution in [0.15, 0.2) is 30.3 Å². The summed E-state index contributed by atoms with van der Waals surface area (Å²) in [6.07, 6.45) is 1.92. The van der Waals surface area contributed by atoms with Gasteiger partial charge in [0.1, 0.15) is 5.54 Å². The van der Waals surface area contributed by atoms with E-state index in [0.717, 1.165) is 12.8 Å². The first-order valence-corrected chi connectivity index (χ1v) is 9.18. The molecule has 0 aromatic heterocycles. The Balaban J connectivity index is 1.71. The summed E-state index contributed by atoms with van der Waals surface area (Å²) in [6.45, 7) is 4.17. The average molecular weight is 359 g/mol. The number of methoxy groups -OCH3 is 1. The molecule has 0 N–H and O–H groups in total. The maximum absolute atomic E-state index is 13.3. The Labute approximate surface area is 153 Å². The normalized spacial score (nSPS) is 34.9. The summed E-state index contributed by atoms with van der Waals surface area (Å²) in [5.41, 5.74) is -0.377. The van der Waals surface area contributed by atoms with Crippen LogP contribution in [-0.2, 0) is 19.0 Å². The van der Waals surface area contributed by atoms with Crippen LogP contribution in [0.4, 0.5) is 0 Å². The second-order valence-corrected chi connectivity index (χ2v) is 7.86. The summed E-state index contributed by atoms with van der Waals surface area (Å²) < 4.78 is 17.0. The molecular weight excluding hydrogens is 334 g/mol. The Bertz CT molecular complexity index is 718. The second kappa shape index (κ2) is 6.06. The molecule has 0 aliphatic carbocycles. The second-order valence-electron chi connectivity index (χ2n) is 7.86. The van der Waals surface area contributed by atoms with Gasteiger partial charge in [0.15, 0.2) is 5.79 Å². The van der Waals surface area contributed by atoms with Gasteiger partial charge in [-0.2, -0.15) is 0 Å². The van der Waals surface area contributed by atoms with E-state index >= 15 is 0 Å². The van der Waals surface area contributed by atoms with Gasteiger partial charge in [0.25, 0.3) is 5.91 Å². The third-order valence-electron chi connectivity index (χ3n) is 6.05. The van der Waals surface area contributed by atoms with E-state index in [1.807, 2.05) is 32.0 Å². The van der Waals surface area contributed by atoms with Crippen LogP contribution in [0, 0.1) is 5.92 Å². The molecule has 1 aromatic rings. The van der Waals surface area contributed by atoms with E-state index in [2.05, 4.69) is 0 Å². The fourth-order valence-corrected chi connectivity index (χ4v) is 5.01. The first-order chi connectivity index (χ1) is 12.4. The number of rotatable bonds is 3. The number of esters is 1. The Hall–Kier alpha value is -1.92. The van der Waals surface area contributed by atoms with Crippen molar-refractivity contribution in [3.63, 3.8) is 0 Å². The zero-order valence-corrected chi connectivity index (χ0v) is 15.4. The maximum atomic E-state index is 13.3. The Morgan fingerprint density at radius 3 is 2.58 bits per heavy atom. The van der Waals surface area contributed by atoms with Gasteiger partial charge >= 0.3 is 5.97 Å². The Kier molecular flexibility index (Phi) is 4.08. The molecule has 0 saturated carbocycles. The summed E-state index contributed by atoms with van der Waals surface area (Å²) in [5.74, 6) is -1.25. The van der Waals surface area contributed by atoms with Gasteiger partial charge < -0.3 is 19.1 Å². The number of carbonyl (C=O) groups excluding carboxylic acids is 2. The zero-order valence-electron chi connectivity index (χ0n) is 15.4. The molecule has 3 heterocycles. The molecule has 140 valence electrons. The van der Waals surface area contributed by atoms with E-state index in [1.165, 1.54) is 7.11 Å². The highest BCUT2D eigenvalue weighted by molar-refractivity contribution is 5.99. The molecule has 0 radical (unpaired) electrons. The molecule has 0 spiro atoms. The lowest BCUT2D eigenvalue weighted by Crippen LogP contribution is -2.57. The van der Waals surface area contributed by atoms with Gasteiger partial charge in [0, 0.05) is 17.5 Å². The minimum atomic E-state index is -0.971. The third-order valence-corrected chi connectivity index (χ3v) is 6.05. The van der Waals surface area contributed by atoms with Crippen molar-refractivity contribution in [1.82, 2.24) is 4.90 Å². The van der Waals surface area contributed by atoms with Crippen molar-refractivity contribution in [3.8, 4) is 0 Å². The van der Waals surface area contributed by atoms with E-state index in [4.69, 9.17) is 14.2 Å². The number of nitrogens with zero attached hydrogens (tertiary/aromatic N) is 1. The van der Waals surface area contributed by atoms with Crippen molar-refractivity contribution >= 4 is 11.9 Å². The average Bonchev–Trinajstić information content (AvgIpc) is 3.30. The molecule has 3 aliphatic rings. The van der Waals surface area contributed by atoms with Crippen molar-refractivity contribution in [1.29, 1.82) is 0 Å². The van der Waals surface area contributed by atoms with E-state index < -0.39 is 11.3 Å². The molecule has 3 saturated heterocycles. The Morgan fingerprint density at radius 2 is 1.96 bits per heavy atom. The van der Waals surface area contributed by atoms with Crippen LogP contribution < -0.4 is 0 Å². The van der Waals surface area contributed by atoms with Gasteiger partial charge in [-0.3, -0.25) is 4.79 Å². The maximum Gasteiger partial charge on any atom is 0.332 e. The van der Waals surface area contributed by atoms with E-state index in [1.54, 1.807) is 17.0 Å². The van der Waals surface area contributed by atoms with Crippen LogP contribution in [-0.4, -0.2) is 54.0 Å². The minimum absolute atomic E-state index is 0.0270. The molecule has 26 heavy (non-hydrogen) atoms. The van der Waals surface area contributed by atoms with Crippen LogP contribution in [0.5, 0.6) is 0 Å². The quantitative estimate of drug-likeness (QED) is 0.775. The molecule has 1 aromatic carbocycles. The lowest BCUT2D eigenvalue weighted by molar-refractivity contribution is -0.165. The molecule has 4 atom stereocenters. The first-order valence-electron chi connectivity index (χ1n) is 9.18.